The van der Waals surface area contributed by atoms with Crippen LogP contribution in [0.1, 0.15) is 80.4 Å². The number of alkyl halides is 3. The van der Waals surface area contributed by atoms with E-state index >= 15 is 0 Å². The molecular formula is C26H43BF3NO4Si. The Bertz CT molecular complexity index is 969. The van der Waals surface area contributed by atoms with Gasteiger partial charge < -0.3 is 19.1 Å². The number of hydrogen-bond donors (Lipinski definition) is 1. The van der Waals surface area contributed by atoms with Crippen LogP contribution >= 0.6 is 0 Å². The Labute approximate surface area is 216 Å². The highest BCUT2D eigenvalue weighted by molar-refractivity contribution is 6.74. The zero-order chi connectivity index (χ0) is 28.1. The standard InChI is InChI=1S/C26H43BF3NO4Si/c1-17(32)31-19-14-13-18(15-23(5,6)16-33-36(11,12)22(2,3)4)20(26(28,29)30)21(19)27-34-24(7,8)25(9,10)35-27/h13-14H,15-16H2,1-12H3,(H,31,32). The van der Waals surface area contributed by atoms with Gasteiger partial charge in [0.2, 0.25) is 5.91 Å². The van der Waals surface area contributed by atoms with Crippen LogP contribution in [0.15, 0.2) is 12.1 Å². The minimum absolute atomic E-state index is 0.00978. The summed E-state index contributed by atoms with van der Waals surface area (Å²) in [5, 5.41) is 2.54. The molecule has 1 aromatic carbocycles. The third-order valence-electron chi connectivity index (χ3n) is 7.71. The SMILES string of the molecule is CC(=O)Nc1ccc(CC(C)(C)CO[Si](C)(C)C(C)(C)C)c(C(F)(F)F)c1B1OC(C)(C)C(C)(C)O1. The molecule has 1 aliphatic rings. The van der Waals surface area contributed by atoms with Crippen molar-refractivity contribution in [1.82, 2.24) is 0 Å². The van der Waals surface area contributed by atoms with Gasteiger partial charge >= 0.3 is 13.3 Å². The summed E-state index contributed by atoms with van der Waals surface area (Å²) in [6, 6.07) is 2.95. The molecule has 36 heavy (non-hydrogen) atoms. The van der Waals surface area contributed by atoms with Crippen LogP contribution in [0.4, 0.5) is 18.9 Å². The lowest BCUT2D eigenvalue weighted by Crippen LogP contribution is -2.44. The molecule has 1 fully saturated rings. The Morgan fingerprint density at radius 3 is 1.94 bits per heavy atom. The van der Waals surface area contributed by atoms with Gasteiger partial charge in [0.05, 0.1) is 16.8 Å². The number of benzene rings is 1. The Balaban J connectivity index is 2.59. The predicted molar refractivity (Wildman–Crippen MR) is 142 cm³/mol. The second-order valence-corrected chi connectivity index (χ2v) is 18.0. The molecule has 0 bridgehead atoms. The molecule has 0 aromatic heterocycles. The fraction of sp³-hybridized carbons (Fsp3) is 0.731. The first-order valence-corrected chi connectivity index (χ1v) is 15.3. The fourth-order valence-corrected chi connectivity index (χ4v) is 4.99. The molecule has 0 spiro atoms. The van der Waals surface area contributed by atoms with Gasteiger partial charge in [0.25, 0.3) is 0 Å². The normalized spacial score (nSPS) is 18.5. The van der Waals surface area contributed by atoms with Crippen molar-refractivity contribution in [3.63, 3.8) is 0 Å². The van der Waals surface area contributed by atoms with Gasteiger partial charge in [0.15, 0.2) is 8.32 Å². The van der Waals surface area contributed by atoms with E-state index < -0.39 is 49.7 Å². The first-order valence-electron chi connectivity index (χ1n) is 12.4. The molecule has 0 saturated carbocycles. The summed E-state index contributed by atoms with van der Waals surface area (Å²) in [4.78, 5) is 11.9. The van der Waals surface area contributed by atoms with Crippen molar-refractivity contribution < 1.29 is 31.7 Å². The van der Waals surface area contributed by atoms with Crippen LogP contribution in [0.5, 0.6) is 0 Å². The second kappa shape index (κ2) is 9.75. The smallest absolute Gasteiger partial charge is 0.416 e. The first kappa shape index (κ1) is 30.9. The van der Waals surface area contributed by atoms with Crippen LogP contribution in [0.25, 0.3) is 0 Å². The van der Waals surface area contributed by atoms with Crippen molar-refractivity contribution in [3.05, 3.63) is 23.3 Å². The van der Waals surface area contributed by atoms with Gasteiger partial charge in [-0.15, -0.1) is 0 Å². The number of nitrogens with one attached hydrogen (secondary N) is 1. The number of amides is 1. The molecule has 1 aromatic rings. The Morgan fingerprint density at radius 1 is 1.03 bits per heavy atom. The maximum atomic E-state index is 14.7. The average Bonchev–Trinajstić information content (AvgIpc) is 2.85. The lowest BCUT2D eigenvalue weighted by Gasteiger charge is -2.39. The summed E-state index contributed by atoms with van der Waals surface area (Å²) < 4.78 is 62.6. The highest BCUT2D eigenvalue weighted by Gasteiger charge is 2.55. The predicted octanol–water partition coefficient (Wildman–Crippen LogP) is 6.55. The van der Waals surface area contributed by atoms with Gasteiger partial charge in [0.1, 0.15) is 0 Å². The van der Waals surface area contributed by atoms with Gasteiger partial charge in [-0.1, -0.05) is 40.7 Å². The largest absolute Gasteiger partial charge is 0.497 e. The van der Waals surface area contributed by atoms with Crippen LogP contribution in [0.2, 0.25) is 18.1 Å². The van der Waals surface area contributed by atoms with Crippen molar-refractivity contribution in [1.29, 1.82) is 0 Å². The molecule has 1 saturated heterocycles. The van der Waals surface area contributed by atoms with E-state index in [0.717, 1.165) is 0 Å². The van der Waals surface area contributed by atoms with E-state index in [0.29, 0.717) is 6.61 Å². The maximum Gasteiger partial charge on any atom is 0.497 e. The van der Waals surface area contributed by atoms with Gasteiger partial charge in [0, 0.05) is 24.7 Å². The number of anilines is 1. The van der Waals surface area contributed by atoms with Crippen LogP contribution in [0.3, 0.4) is 0 Å². The van der Waals surface area contributed by atoms with Crippen LogP contribution in [0, 0.1) is 5.41 Å². The third kappa shape index (κ3) is 6.74. The summed E-state index contributed by atoms with van der Waals surface area (Å²) >= 11 is 0. The molecule has 5 nitrogen and oxygen atoms in total. The summed E-state index contributed by atoms with van der Waals surface area (Å²) in [6.45, 7) is 23.2. The summed E-state index contributed by atoms with van der Waals surface area (Å²) in [6.07, 6.45) is -4.57. The van der Waals surface area contributed by atoms with Gasteiger partial charge in [-0.3, -0.25) is 4.79 Å². The number of halogens is 3. The molecule has 10 heteroatoms. The zero-order valence-electron chi connectivity index (χ0n) is 23.9. The van der Waals surface area contributed by atoms with E-state index in [4.69, 9.17) is 13.7 Å². The van der Waals surface area contributed by atoms with E-state index in [2.05, 4.69) is 39.2 Å². The second-order valence-electron chi connectivity index (χ2n) is 13.2. The Kier molecular flexibility index (Phi) is 8.36. The molecular weight excluding hydrogens is 486 g/mol. The number of carbonyl (C=O) groups is 1. The van der Waals surface area contributed by atoms with Gasteiger partial charge in [-0.05, 0) is 69.3 Å². The topological polar surface area (TPSA) is 56.8 Å². The lowest BCUT2D eigenvalue weighted by atomic mass is 9.71. The fourth-order valence-electron chi connectivity index (χ4n) is 3.81. The van der Waals surface area contributed by atoms with Gasteiger partial charge in [-0.25, -0.2) is 0 Å². The van der Waals surface area contributed by atoms with E-state index in [9.17, 15) is 18.0 Å². The molecule has 204 valence electrons. The minimum Gasteiger partial charge on any atom is -0.416 e. The van der Waals surface area contributed by atoms with Crippen molar-refractivity contribution in [3.8, 4) is 0 Å². The molecule has 0 unspecified atom stereocenters. The first-order chi connectivity index (χ1) is 15.9. The van der Waals surface area contributed by atoms with E-state index in [1.807, 2.05) is 13.8 Å². The maximum absolute atomic E-state index is 14.7. The Morgan fingerprint density at radius 2 is 1.53 bits per heavy atom. The molecule has 0 atom stereocenters. The van der Waals surface area contributed by atoms with Gasteiger partial charge in [-0.2, -0.15) is 13.2 Å². The number of carbonyl (C=O) groups excluding carboxylic acids is 1. The van der Waals surface area contributed by atoms with E-state index in [1.165, 1.54) is 19.1 Å². The van der Waals surface area contributed by atoms with Crippen molar-refractivity contribution in [2.24, 2.45) is 5.41 Å². The highest BCUT2D eigenvalue weighted by Crippen LogP contribution is 2.42. The quantitative estimate of drug-likeness (QED) is 0.407. The van der Waals surface area contributed by atoms with Crippen LogP contribution in [-0.4, -0.2) is 39.2 Å². The van der Waals surface area contributed by atoms with Crippen LogP contribution < -0.4 is 10.8 Å². The monoisotopic (exact) mass is 529 g/mol. The zero-order valence-corrected chi connectivity index (χ0v) is 24.9. The molecule has 1 amide bonds. The molecule has 2 rings (SSSR count). The molecule has 0 aliphatic carbocycles. The summed E-state index contributed by atoms with van der Waals surface area (Å²) in [5.41, 5.74) is -3.14. The Hall–Kier alpha value is -1.36. The summed E-state index contributed by atoms with van der Waals surface area (Å²) in [7, 11) is -3.38. The number of hydrogen-bond acceptors (Lipinski definition) is 4. The molecule has 1 heterocycles. The van der Waals surface area contributed by atoms with Crippen molar-refractivity contribution in [2.75, 3.05) is 11.9 Å². The number of rotatable bonds is 7. The van der Waals surface area contributed by atoms with E-state index in [-0.39, 0.29) is 28.2 Å². The third-order valence-corrected chi connectivity index (χ3v) is 12.2. The van der Waals surface area contributed by atoms with E-state index in [1.54, 1.807) is 27.7 Å². The highest BCUT2D eigenvalue weighted by atomic mass is 28.4. The lowest BCUT2D eigenvalue weighted by molar-refractivity contribution is -0.137. The average molecular weight is 530 g/mol. The van der Waals surface area contributed by atoms with Crippen molar-refractivity contribution >= 4 is 32.5 Å². The van der Waals surface area contributed by atoms with Crippen LogP contribution in [-0.2, 0) is 31.1 Å². The van der Waals surface area contributed by atoms with Crippen molar-refractivity contribution in [2.45, 2.75) is 111 Å². The molecule has 1 N–H and O–H groups in total. The minimum atomic E-state index is -4.70. The summed E-state index contributed by atoms with van der Waals surface area (Å²) in [5.74, 6) is -0.475. The molecule has 1 aliphatic heterocycles. The molecule has 0 radical (unpaired) electrons.